The van der Waals surface area contributed by atoms with E-state index in [9.17, 15) is 19.0 Å². The largest absolute Gasteiger partial charge is 0.472 e. The van der Waals surface area contributed by atoms with E-state index in [4.69, 9.17) is 18.5 Å². The highest BCUT2D eigenvalue weighted by Crippen LogP contribution is 2.43. The standard InChI is InChI=1S/C44H72NO8P/c1-4-6-8-10-12-14-16-18-20-21-23-25-27-29-31-33-35-37-44(47)53-42(41-52-54(48,49)51-39-38-45-3)40-50-43(46)36-34-32-30-28-26-24-22-19-17-15-13-11-9-7-5-2/h6-9,12-15,18-20,22-23,25,29,31,42,45H,4-5,10-11,16-17,21,24,26-28,30,32-41H2,1-3H3,(H,48,49)/b8-6-,9-7-,14-12-,15-13-,20-18-,22-19-,25-23-,31-29-. The first kappa shape index (κ1) is 50.9. The number of carbonyl (C=O) groups excluding carboxylic acids is 2. The second-order valence-electron chi connectivity index (χ2n) is 12.7. The average molecular weight is 774 g/mol. The second kappa shape index (κ2) is 39.6. The van der Waals surface area contributed by atoms with Gasteiger partial charge < -0.3 is 19.7 Å². The number of allylic oxidation sites excluding steroid dienone is 16. The van der Waals surface area contributed by atoms with Crippen LogP contribution in [0.15, 0.2) is 97.2 Å². The molecule has 0 aromatic carbocycles. The van der Waals surface area contributed by atoms with Crippen molar-refractivity contribution in [3.8, 4) is 0 Å². The number of likely N-dealkylation sites (N-methyl/N-ethyl adjacent to an activating group) is 1. The summed E-state index contributed by atoms with van der Waals surface area (Å²) in [6.45, 7) is 3.87. The Balaban J connectivity index is 4.42. The number of phosphoric ester groups is 1. The minimum Gasteiger partial charge on any atom is -0.462 e. The molecule has 0 aliphatic heterocycles. The lowest BCUT2D eigenvalue weighted by Gasteiger charge is -2.20. The maximum atomic E-state index is 12.6. The normalized spacial score (nSPS) is 14.4. The van der Waals surface area contributed by atoms with Crippen molar-refractivity contribution in [2.45, 2.75) is 136 Å². The Morgan fingerprint density at radius 1 is 0.574 bits per heavy atom. The third-order valence-corrected chi connectivity index (χ3v) is 8.68. The van der Waals surface area contributed by atoms with Gasteiger partial charge in [0, 0.05) is 19.4 Å². The fraction of sp³-hybridized carbons (Fsp3) is 0.591. The van der Waals surface area contributed by atoms with Gasteiger partial charge in [-0.25, -0.2) is 4.57 Å². The quantitative estimate of drug-likeness (QED) is 0.0277. The molecule has 0 fully saturated rings. The molecule has 0 amide bonds. The Morgan fingerprint density at radius 2 is 1.02 bits per heavy atom. The van der Waals surface area contributed by atoms with Gasteiger partial charge in [0.05, 0.1) is 13.2 Å². The highest BCUT2D eigenvalue weighted by Gasteiger charge is 2.26. The molecule has 2 atom stereocenters. The minimum absolute atomic E-state index is 0.0365. The molecule has 0 bridgehead atoms. The predicted molar refractivity (Wildman–Crippen MR) is 224 cm³/mol. The third kappa shape index (κ3) is 38.6. The molecule has 0 saturated carbocycles. The SMILES string of the molecule is CC/C=C\C/C=C\C/C=C\C/C=C\C/C=C\CCCC(=O)OC(COC(=O)CCCCCCC/C=C\C/C=C\C/C=C\CC)COP(=O)(O)OCCNC. The number of carbonyl (C=O) groups is 2. The zero-order chi connectivity index (χ0) is 39.6. The summed E-state index contributed by atoms with van der Waals surface area (Å²) in [5, 5.41) is 2.81. The number of rotatable bonds is 36. The van der Waals surface area contributed by atoms with Crippen LogP contribution in [0.5, 0.6) is 0 Å². The molecule has 0 aliphatic carbocycles. The first-order chi connectivity index (χ1) is 26.3. The Labute approximate surface area is 328 Å². The van der Waals surface area contributed by atoms with E-state index in [0.29, 0.717) is 25.8 Å². The summed E-state index contributed by atoms with van der Waals surface area (Å²) in [6.07, 6.45) is 48.9. The van der Waals surface area contributed by atoms with Crippen LogP contribution in [0, 0.1) is 0 Å². The Bertz CT molecular complexity index is 1200. The van der Waals surface area contributed by atoms with Gasteiger partial charge in [-0.3, -0.25) is 18.6 Å². The fourth-order valence-corrected chi connectivity index (χ4v) is 5.47. The smallest absolute Gasteiger partial charge is 0.462 e. The monoisotopic (exact) mass is 773 g/mol. The lowest BCUT2D eigenvalue weighted by molar-refractivity contribution is -0.161. The van der Waals surface area contributed by atoms with Crippen LogP contribution in [-0.4, -0.2) is 56.3 Å². The van der Waals surface area contributed by atoms with Crippen molar-refractivity contribution < 1.29 is 37.6 Å². The predicted octanol–water partition coefficient (Wildman–Crippen LogP) is 11.3. The molecule has 10 heteroatoms. The molecule has 0 aromatic heterocycles. The Morgan fingerprint density at radius 3 is 1.54 bits per heavy atom. The topological polar surface area (TPSA) is 120 Å². The molecule has 0 rings (SSSR count). The molecule has 0 heterocycles. The van der Waals surface area contributed by atoms with Gasteiger partial charge >= 0.3 is 19.8 Å². The van der Waals surface area contributed by atoms with E-state index >= 15 is 0 Å². The van der Waals surface area contributed by atoms with Crippen molar-refractivity contribution in [3.63, 3.8) is 0 Å². The molecule has 0 aliphatic rings. The van der Waals surface area contributed by atoms with Crippen LogP contribution < -0.4 is 5.32 Å². The highest BCUT2D eigenvalue weighted by atomic mass is 31.2. The second-order valence-corrected chi connectivity index (χ2v) is 14.2. The molecule has 0 saturated heterocycles. The molecule has 306 valence electrons. The fourth-order valence-electron chi connectivity index (χ4n) is 4.72. The Hall–Kier alpha value is -3.07. The van der Waals surface area contributed by atoms with E-state index in [1.54, 1.807) is 7.05 Å². The minimum atomic E-state index is -4.37. The average Bonchev–Trinajstić information content (AvgIpc) is 3.15. The summed E-state index contributed by atoms with van der Waals surface area (Å²) in [5.74, 6) is -0.907. The Kier molecular flexibility index (Phi) is 37.4. The maximum absolute atomic E-state index is 12.6. The van der Waals surface area contributed by atoms with Gasteiger partial charge in [0.1, 0.15) is 6.61 Å². The number of hydrogen-bond donors (Lipinski definition) is 2. The molecular weight excluding hydrogens is 701 g/mol. The molecular formula is C44H72NO8P. The molecule has 2 N–H and O–H groups in total. The molecule has 0 aromatic rings. The first-order valence-corrected chi connectivity index (χ1v) is 21.7. The van der Waals surface area contributed by atoms with E-state index in [-0.39, 0.29) is 26.1 Å². The molecule has 2 unspecified atom stereocenters. The van der Waals surface area contributed by atoms with Gasteiger partial charge in [-0.2, -0.15) is 0 Å². The van der Waals surface area contributed by atoms with E-state index in [1.807, 2.05) is 6.08 Å². The lowest BCUT2D eigenvalue weighted by atomic mass is 10.1. The van der Waals surface area contributed by atoms with Crippen molar-refractivity contribution in [1.29, 1.82) is 0 Å². The van der Waals surface area contributed by atoms with Crippen molar-refractivity contribution in [3.05, 3.63) is 97.2 Å². The summed E-state index contributed by atoms with van der Waals surface area (Å²) in [5.41, 5.74) is 0. The summed E-state index contributed by atoms with van der Waals surface area (Å²) in [7, 11) is -2.69. The number of unbranched alkanes of at least 4 members (excludes halogenated alkanes) is 6. The zero-order valence-corrected chi connectivity index (χ0v) is 34.5. The number of phosphoric acid groups is 1. The van der Waals surface area contributed by atoms with Crippen molar-refractivity contribution in [2.24, 2.45) is 0 Å². The van der Waals surface area contributed by atoms with Crippen molar-refractivity contribution >= 4 is 19.8 Å². The zero-order valence-electron chi connectivity index (χ0n) is 33.6. The van der Waals surface area contributed by atoms with Gasteiger partial charge in [0.2, 0.25) is 0 Å². The summed E-state index contributed by atoms with van der Waals surface area (Å²) < 4.78 is 33.0. The molecule has 0 radical (unpaired) electrons. The van der Waals surface area contributed by atoms with Crippen LogP contribution in [0.3, 0.4) is 0 Å². The summed E-state index contributed by atoms with van der Waals surface area (Å²) in [6, 6.07) is 0. The van der Waals surface area contributed by atoms with Crippen LogP contribution in [-0.2, 0) is 32.7 Å². The summed E-state index contributed by atoms with van der Waals surface area (Å²) in [4.78, 5) is 35.0. The highest BCUT2D eigenvalue weighted by molar-refractivity contribution is 7.47. The maximum Gasteiger partial charge on any atom is 0.472 e. The van der Waals surface area contributed by atoms with Gasteiger partial charge in [-0.1, -0.05) is 130 Å². The van der Waals surface area contributed by atoms with Crippen LogP contribution >= 0.6 is 7.82 Å². The number of hydrogen-bond acceptors (Lipinski definition) is 8. The van der Waals surface area contributed by atoms with E-state index in [2.05, 4.69) is 110 Å². The van der Waals surface area contributed by atoms with Gasteiger partial charge in [0.25, 0.3) is 0 Å². The molecule has 0 spiro atoms. The molecule has 54 heavy (non-hydrogen) atoms. The van der Waals surface area contributed by atoms with E-state index in [0.717, 1.165) is 83.5 Å². The lowest BCUT2D eigenvalue weighted by Crippen LogP contribution is -2.29. The summed E-state index contributed by atoms with van der Waals surface area (Å²) >= 11 is 0. The van der Waals surface area contributed by atoms with Crippen molar-refractivity contribution in [2.75, 3.05) is 33.4 Å². The van der Waals surface area contributed by atoms with E-state index in [1.165, 1.54) is 0 Å². The van der Waals surface area contributed by atoms with Gasteiger partial charge in [-0.15, -0.1) is 0 Å². The number of ether oxygens (including phenoxy) is 2. The van der Waals surface area contributed by atoms with Crippen LogP contribution in [0.1, 0.15) is 129 Å². The van der Waals surface area contributed by atoms with E-state index < -0.39 is 32.5 Å². The number of nitrogens with one attached hydrogen (secondary N) is 1. The van der Waals surface area contributed by atoms with Gasteiger partial charge in [0.15, 0.2) is 6.10 Å². The third-order valence-electron chi connectivity index (χ3n) is 7.70. The molecule has 9 nitrogen and oxygen atoms in total. The van der Waals surface area contributed by atoms with Gasteiger partial charge in [-0.05, 0) is 90.5 Å². The first-order valence-electron chi connectivity index (χ1n) is 20.2. The van der Waals surface area contributed by atoms with Crippen LogP contribution in [0.2, 0.25) is 0 Å². The van der Waals surface area contributed by atoms with Crippen LogP contribution in [0.25, 0.3) is 0 Å². The van der Waals surface area contributed by atoms with Crippen LogP contribution in [0.4, 0.5) is 0 Å². The number of esters is 2. The van der Waals surface area contributed by atoms with Crippen molar-refractivity contribution in [1.82, 2.24) is 5.32 Å².